The van der Waals surface area contributed by atoms with Gasteiger partial charge in [0, 0.05) is 23.0 Å². The minimum Gasteiger partial charge on any atom is -0.328 e. The predicted molar refractivity (Wildman–Crippen MR) is 77.4 cm³/mol. The van der Waals surface area contributed by atoms with Gasteiger partial charge in [0.1, 0.15) is 12.1 Å². The Morgan fingerprint density at radius 2 is 2.19 bits per heavy atom. The molecule has 0 atom stereocenters. The van der Waals surface area contributed by atoms with Gasteiger partial charge in [-0.1, -0.05) is 0 Å². The van der Waals surface area contributed by atoms with Crippen molar-refractivity contribution in [2.45, 2.75) is 13.1 Å². The number of benzene rings is 1. The van der Waals surface area contributed by atoms with Crippen molar-refractivity contribution in [3.05, 3.63) is 58.7 Å². The molecule has 1 aliphatic heterocycles. The smallest absolute Gasteiger partial charge is 0.264 e. The van der Waals surface area contributed by atoms with E-state index in [1.807, 2.05) is 0 Å². The maximum absolute atomic E-state index is 13.2. The minimum atomic E-state index is -0.289. The molecule has 1 aliphatic rings. The average molecular weight is 299 g/mol. The fourth-order valence-corrected chi connectivity index (χ4v) is 3.53. The molecule has 0 unspecified atom stereocenters. The molecule has 1 amide bonds. The molecule has 0 fully saturated rings. The molecule has 1 aromatic carbocycles. The van der Waals surface area contributed by atoms with Crippen molar-refractivity contribution in [1.82, 2.24) is 14.9 Å². The molecule has 6 heteroatoms. The summed E-state index contributed by atoms with van der Waals surface area (Å²) >= 11 is 1.39. The number of carbonyl (C=O) groups excluding carboxylic acids is 1. The molecule has 2 aromatic heterocycles. The normalized spacial score (nSPS) is 13.7. The summed E-state index contributed by atoms with van der Waals surface area (Å²) in [6.07, 6.45) is 3.24. The van der Waals surface area contributed by atoms with Gasteiger partial charge in [-0.15, -0.1) is 11.3 Å². The Balaban J connectivity index is 1.65. The van der Waals surface area contributed by atoms with Crippen LogP contribution in [0.25, 0.3) is 10.1 Å². The third kappa shape index (κ3) is 2.08. The van der Waals surface area contributed by atoms with Gasteiger partial charge in [0.2, 0.25) is 0 Å². The Morgan fingerprint density at radius 3 is 3.05 bits per heavy atom. The first-order chi connectivity index (χ1) is 10.2. The predicted octanol–water partition coefficient (Wildman–Crippen LogP) is 2.99. The van der Waals surface area contributed by atoms with Crippen LogP contribution >= 0.6 is 11.3 Å². The molecule has 0 bridgehead atoms. The van der Waals surface area contributed by atoms with E-state index in [1.54, 1.807) is 23.2 Å². The SMILES string of the molecule is O=C(c1cc2cc(F)ccc2s1)N1Cc2cncnc2C1. The van der Waals surface area contributed by atoms with Crippen LogP contribution in [0.15, 0.2) is 36.8 Å². The average Bonchev–Trinajstić information content (AvgIpc) is 3.09. The zero-order chi connectivity index (χ0) is 14.4. The molecule has 4 nitrogen and oxygen atoms in total. The molecule has 0 N–H and O–H groups in total. The van der Waals surface area contributed by atoms with E-state index in [0.717, 1.165) is 21.3 Å². The van der Waals surface area contributed by atoms with E-state index in [2.05, 4.69) is 9.97 Å². The van der Waals surface area contributed by atoms with Crippen LogP contribution in [-0.4, -0.2) is 20.8 Å². The lowest BCUT2D eigenvalue weighted by molar-refractivity contribution is 0.0755. The summed E-state index contributed by atoms with van der Waals surface area (Å²) in [7, 11) is 0. The van der Waals surface area contributed by atoms with Crippen molar-refractivity contribution in [2.75, 3.05) is 0 Å². The van der Waals surface area contributed by atoms with Gasteiger partial charge in [0.05, 0.1) is 17.1 Å². The van der Waals surface area contributed by atoms with Crippen molar-refractivity contribution in [3.63, 3.8) is 0 Å². The number of aromatic nitrogens is 2. The molecule has 21 heavy (non-hydrogen) atoms. The summed E-state index contributed by atoms with van der Waals surface area (Å²) in [6.45, 7) is 1.02. The van der Waals surface area contributed by atoms with Crippen LogP contribution in [0, 0.1) is 5.82 Å². The van der Waals surface area contributed by atoms with Gasteiger partial charge in [-0.3, -0.25) is 4.79 Å². The molecule has 104 valence electrons. The molecule has 0 saturated heterocycles. The largest absolute Gasteiger partial charge is 0.328 e. The molecule has 0 saturated carbocycles. The lowest BCUT2D eigenvalue weighted by atomic mass is 10.2. The second kappa shape index (κ2) is 4.60. The quantitative estimate of drug-likeness (QED) is 0.694. The fourth-order valence-electron chi connectivity index (χ4n) is 2.52. The van der Waals surface area contributed by atoms with Crippen LogP contribution in [0.2, 0.25) is 0 Å². The number of rotatable bonds is 1. The molecular formula is C15H10FN3OS. The van der Waals surface area contributed by atoms with Crippen LogP contribution in [0.3, 0.4) is 0 Å². The highest BCUT2D eigenvalue weighted by atomic mass is 32.1. The third-order valence-electron chi connectivity index (χ3n) is 3.56. The van der Waals surface area contributed by atoms with Gasteiger partial charge in [-0.25, -0.2) is 14.4 Å². The maximum atomic E-state index is 13.2. The van der Waals surface area contributed by atoms with E-state index >= 15 is 0 Å². The number of thiophene rings is 1. The van der Waals surface area contributed by atoms with E-state index in [1.165, 1.54) is 29.8 Å². The highest BCUT2D eigenvalue weighted by Gasteiger charge is 2.26. The molecule has 0 aliphatic carbocycles. The van der Waals surface area contributed by atoms with Gasteiger partial charge in [0.15, 0.2) is 0 Å². The maximum Gasteiger partial charge on any atom is 0.264 e. The van der Waals surface area contributed by atoms with Crippen LogP contribution in [0.1, 0.15) is 20.9 Å². The zero-order valence-electron chi connectivity index (χ0n) is 10.9. The first kappa shape index (κ1) is 12.4. The minimum absolute atomic E-state index is 0.0467. The first-order valence-electron chi connectivity index (χ1n) is 6.47. The summed E-state index contributed by atoms with van der Waals surface area (Å²) in [5.41, 5.74) is 1.88. The van der Waals surface area contributed by atoms with Gasteiger partial charge in [0.25, 0.3) is 5.91 Å². The van der Waals surface area contributed by atoms with E-state index in [-0.39, 0.29) is 11.7 Å². The first-order valence-corrected chi connectivity index (χ1v) is 7.28. The van der Waals surface area contributed by atoms with E-state index in [0.29, 0.717) is 18.0 Å². The van der Waals surface area contributed by atoms with Crippen LogP contribution in [0.4, 0.5) is 4.39 Å². The van der Waals surface area contributed by atoms with Crippen molar-refractivity contribution < 1.29 is 9.18 Å². The Kier molecular flexibility index (Phi) is 2.71. The second-order valence-corrected chi connectivity index (χ2v) is 6.03. The summed E-state index contributed by atoms with van der Waals surface area (Å²) < 4.78 is 14.1. The van der Waals surface area contributed by atoms with E-state index < -0.39 is 0 Å². The molecule has 0 radical (unpaired) electrons. The Labute approximate surface area is 123 Å². The standard InChI is InChI=1S/C15H10FN3OS/c16-11-1-2-13-9(3-11)4-14(21-13)15(20)19-6-10-5-17-8-18-12(10)7-19/h1-5,8H,6-7H2. The molecule has 3 heterocycles. The van der Waals surface area contributed by atoms with E-state index in [4.69, 9.17) is 0 Å². The Bertz CT molecular complexity index is 836. The monoisotopic (exact) mass is 299 g/mol. The topological polar surface area (TPSA) is 46.1 Å². The zero-order valence-corrected chi connectivity index (χ0v) is 11.7. The highest BCUT2D eigenvalue weighted by molar-refractivity contribution is 7.20. The number of hydrogen-bond donors (Lipinski definition) is 0. The molecular weight excluding hydrogens is 289 g/mol. The fraction of sp³-hybridized carbons (Fsp3) is 0.133. The van der Waals surface area contributed by atoms with Gasteiger partial charge in [-0.05, 0) is 29.7 Å². The number of halogens is 1. The van der Waals surface area contributed by atoms with Gasteiger partial charge in [-0.2, -0.15) is 0 Å². The van der Waals surface area contributed by atoms with Crippen LogP contribution < -0.4 is 0 Å². The van der Waals surface area contributed by atoms with Crippen molar-refractivity contribution in [2.24, 2.45) is 0 Å². The summed E-state index contributed by atoms with van der Waals surface area (Å²) in [5.74, 6) is -0.335. The van der Waals surface area contributed by atoms with Crippen molar-refractivity contribution in [3.8, 4) is 0 Å². The van der Waals surface area contributed by atoms with Crippen LogP contribution in [0.5, 0.6) is 0 Å². The number of fused-ring (bicyclic) bond motifs is 2. The number of amides is 1. The van der Waals surface area contributed by atoms with Gasteiger partial charge < -0.3 is 4.90 Å². The van der Waals surface area contributed by atoms with E-state index in [9.17, 15) is 9.18 Å². The number of nitrogens with zero attached hydrogens (tertiary/aromatic N) is 3. The summed E-state index contributed by atoms with van der Waals surface area (Å²) in [6, 6.07) is 6.32. The molecule has 3 aromatic rings. The second-order valence-electron chi connectivity index (χ2n) is 4.95. The molecule has 0 spiro atoms. The summed E-state index contributed by atoms with van der Waals surface area (Å²) in [4.78, 5) is 23.1. The van der Waals surface area contributed by atoms with Gasteiger partial charge >= 0.3 is 0 Å². The number of carbonyl (C=O) groups is 1. The Hall–Kier alpha value is -2.34. The number of hydrogen-bond acceptors (Lipinski definition) is 4. The van der Waals surface area contributed by atoms with Crippen molar-refractivity contribution in [1.29, 1.82) is 0 Å². The summed E-state index contributed by atoms with van der Waals surface area (Å²) in [5, 5.41) is 0.764. The lowest BCUT2D eigenvalue weighted by Crippen LogP contribution is -2.24. The Morgan fingerprint density at radius 1 is 1.29 bits per heavy atom. The van der Waals surface area contributed by atoms with Crippen LogP contribution in [-0.2, 0) is 13.1 Å². The lowest BCUT2D eigenvalue weighted by Gasteiger charge is -2.13. The highest BCUT2D eigenvalue weighted by Crippen LogP contribution is 2.29. The third-order valence-corrected chi connectivity index (χ3v) is 4.66. The van der Waals surface area contributed by atoms with Crippen molar-refractivity contribution >= 4 is 27.3 Å². The molecule has 4 rings (SSSR count).